The smallest absolute Gasteiger partial charge is 0.372 e. The van der Waals surface area contributed by atoms with Gasteiger partial charge in [0.05, 0.1) is 10.6 Å². The lowest BCUT2D eigenvalue weighted by molar-refractivity contribution is -0.149. The molecule has 10 heteroatoms. The third-order valence-corrected chi connectivity index (χ3v) is 4.94. The van der Waals surface area contributed by atoms with Crippen LogP contribution in [0.2, 0.25) is 5.02 Å². The van der Waals surface area contributed by atoms with Gasteiger partial charge < -0.3 is 15.3 Å². The number of rotatable bonds is 4. The van der Waals surface area contributed by atoms with Gasteiger partial charge in [0.15, 0.2) is 0 Å². The van der Waals surface area contributed by atoms with Crippen LogP contribution in [0.3, 0.4) is 0 Å². The van der Waals surface area contributed by atoms with Crippen LogP contribution in [0, 0.1) is 5.82 Å². The zero-order valence-corrected chi connectivity index (χ0v) is 15.5. The van der Waals surface area contributed by atoms with Crippen LogP contribution < -0.4 is 10.2 Å². The standard InChI is InChI=1S/C19H15ClF4N2O3/c20-14-3-1-2-11(15(14)21)10-25-16(27)18(29)8-9-26(17(18)28)13-6-4-12(5-7-13)19(22,23)24/h1-7,29H,8-10H2,(H,25,27). The largest absolute Gasteiger partial charge is 0.416 e. The number of benzene rings is 2. The molecule has 1 unspecified atom stereocenters. The summed E-state index contributed by atoms with van der Waals surface area (Å²) in [7, 11) is 0. The SMILES string of the molecule is O=C(NCc1cccc(Cl)c1F)C1(O)CCN(c2ccc(C(F)(F)F)cc2)C1=O. The van der Waals surface area contributed by atoms with Gasteiger partial charge in [-0.3, -0.25) is 9.59 Å². The zero-order chi connectivity index (χ0) is 21.4. The molecule has 2 amide bonds. The number of anilines is 1. The van der Waals surface area contributed by atoms with Crippen molar-refractivity contribution >= 4 is 29.1 Å². The fraction of sp³-hybridized carbons (Fsp3) is 0.263. The van der Waals surface area contributed by atoms with E-state index in [2.05, 4.69) is 5.32 Å². The number of halogens is 5. The number of carbonyl (C=O) groups is 2. The molecule has 0 aromatic heterocycles. The van der Waals surface area contributed by atoms with Crippen molar-refractivity contribution in [3.8, 4) is 0 Å². The summed E-state index contributed by atoms with van der Waals surface area (Å²) in [5.74, 6) is -2.73. The second-order valence-electron chi connectivity index (χ2n) is 6.51. The predicted octanol–water partition coefficient (Wildman–Crippen LogP) is 3.28. The van der Waals surface area contributed by atoms with Crippen LogP contribution in [0.5, 0.6) is 0 Å². The van der Waals surface area contributed by atoms with Crippen LogP contribution in [-0.2, 0) is 22.3 Å². The van der Waals surface area contributed by atoms with Crippen molar-refractivity contribution in [2.45, 2.75) is 24.7 Å². The molecular formula is C19H15ClF4N2O3. The molecule has 2 aromatic rings. The summed E-state index contributed by atoms with van der Waals surface area (Å²) < 4.78 is 51.9. The molecule has 0 spiro atoms. The van der Waals surface area contributed by atoms with Crippen LogP contribution >= 0.6 is 11.6 Å². The number of hydrogen-bond acceptors (Lipinski definition) is 3. The summed E-state index contributed by atoms with van der Waals surface area (Å²) in [6.07, 6.45) is -4.79. The number of nitrogens with one attached hydrogen (secondary N) is 1. The second-order valence-corrected chi connectivity index (χ2v) is 6.91. The minimum atomic E-state index is -4.52. The van der Waals surface area contributed by atoms with Crippen molar-refractivity contribution in [2.75, 3.05) is 11.4 Å². The Morgan fingerprint density at radius 2 is 1.86 bits per heavy atom. The van der Waals surface area contributed by atoms with Crippen molar-refractivity contribution in [2.24, 2.45) is 0 Å². The van der Waals surface area contributed by atoms with E-state index >= 15 is 0 Å². The maximum absolute atomic E-state index is 13.9. The average Bonchev–Trinajstić information content (AvgIpc) is 2.98. The first-order valence-electron chi connectivity index (χ1n) is 8.47. The molecule has 0 saturated carbocycles. The first-order chi connectivity index (χ1) is 13.5. The summed E-state index contributed by atoms with van der Waals surface area (Å²) in [5.41, 5.74) is -3.10. The van der Waals surface area contributed by atoms with Gasteiger partial charge in [-0.05, 0) is 30.3 Å². The van der Waals surface area contributed by atoms with Gasteiger partial charge in [0.1, 0.15) is 5.82 Å². The van der Waals surface area contributed by atoms with Gasteiger partial charge in [-0.25, -0.2) is 4.39 Å². The van der Waals surface area contributed by atoms with Crippen molar-refractivity contribution in [1.29, 1.82) is 0 Å². The molecule has 0 bridgehead atoms. The van der Waals surface area contributed by atoms with Crippen LogP contribution in [0.25, 0.3) is 0 Å². The molecule has 1 aliphatic rings. The number of amides is 2. The van der Waals surface area contributed by atoms with Gasteiger partial charge in [-0.15, -0.1) is 0 Å². The highest BCUT2D eigenvalue weighted by Gasteiger charge is 2.51. The Morgan fingerprint density at radius 3 is 2.48 bits per heavy atom. The molecule has 1 heterocycles. The van der Waals surface area contributed by atoms with Crippen LogP contribution in [0.15, 0.2) is 42.5 Å². The normalized spacial score (nSPS) is 19.5. The Bertz CT molecular complexity index is 949. The Hall–Kier alpha value is -2.65. The van der Waals surface area contributed by atoms with Gasteiger partial charge in [0.2, 0.25) is 5.60 Å². The number of carbonyl (C=O) groups excluding carboxylic acids is 2. The van der Waals surface area contributed by atoms with Gasteiger partial charge >= 0.3 is 6.18 Å². The Labute approximate surface area is 167 Å². The number of alkyl halides is 3. The molecule has 2 aromatic carbocycles. The van der Waals surface area contributed by atoms with Crippen molar-refractivity contribution in [3.63, 3.8) is 0 Å². The summed E-state index contributed by atoms with van der Waals surface area (Å²) in [6, 6.07) is 7.99. The van der Waals surface area contributed by atoms with Crippen molar-refractivity contribution in [3.05, 3.63) is 64.4 Å². The minimum Gasteiger partial charge on any atom is -0.372 e. The van der Waals surface area contributed by atoms with E-state index in [9.17, 15) is 32.3 Å². The van der Waals surface area contributed by atoms with E-state index < -0.39 is 35.0 Å². The fourth-order valence-corrected chi connectivity index (χ4v) is 3.19. The van der Waals surface area contributed by atoms with E-state index in [1.165, 1.54) is 18.2 Å². The topological polar surface area (TPSA) is 69.6 Å². The molecule has 1 aliphatic heterocycles. The maximum Gasteiger partial charge on any atom is 0.416 e. The first-order valence-corrected chi connectivity index (χ1v) is 8.84. The maximum atomic E-state index is 13.9. The number of hydrogen-bond donors (Lipinski definition) is 2. The molecule has 0 radical (unpaired) electrons. The predicted molar refractivity (Wildman–Crippen MR) is 96.6 cm³/mol. The highest BCUT2D eigenvalue weighted by molar-refractivity contribution is 6.30. The lowest BCUT2D eigenvalue weighted by Gasteiger charge is -2.22. The Balaban J connectivity index is 1.71. The summed E-state index contributed by atoms with van der Waals surface area (Å²) in [5, 5.41) is 12.7. The summed E-state index contributed by atoms with van der Waals surface area (Å²) >= 11 is 5.66. The Morgan fingerprint density at radius 1 is 1.21 bits per heavy atom. The van der Waals surface area contributed by atoms with E-state index in [0.717, 1.165) is 29.2 Å². The fourth-order valence-electron chi connectivity index (χ4n) is 3.00. The van der Waals surface area contributed by atoms with E-state index in [1.807, 2.05) is 0 Å². The van der Waals surface area contributed by atoms with Crippen molar-refractivity contribution < 1.29 is 32.3 Å². The van der Waals surface area contributed by atoms with Gasteiger partial charge in [0, 0.05) is 30.8 Å². The molecule has 1 saturated heterocycles. The highest BCUT2D eigenvalue weighted by Crippen LogP contribution is 2.33. The molecule has 154 valence electrons. The molecule has 5 nitrogen and oxygen atoms in total. The molecule has 0 aliphatic carbocycles. The Kier molecular flexibility index (Phi) is 5.55. The van der Waals surface area contributed by atoms with E-state index in [1.54, 1.807) is 0 Å². The lowest BCUT2D eigenvalue weighted by atomic mass is 10.0. The third kappa shape index (κ3) is 4.06. The molecule has 1 atom stereocenters. The molecule has 29 heavy (non-hydrogen) atoms. The van der Waals surface area contributed by atoms with E-state index in [-0.39, 0.29) is 35.8 Å². The van der Waals surface area contributed by atoms with Gasteiger partial charge in [0.25, 0.3) is 11.8 Å². The number of nitrogens with zero attached hydrogens (tertiary/aromatic N) is 1. The van der Waals surface area contributed by atoms with Crippen LogP contribution in [0.1, 0.15) is 17.5 Å². The number of aliphatic hydroxyl groups is 1. The zero-order valence-electron chi connectivity index (χ0n) is 14.8. The highest BCUT2D eigenvalue weighted by atomic mass is 35.5. The van der Waals surface area contributed by atoms with E-state index in [4.69, 9.17) is 11.6 Å². The molecule has 3 rings (SSSR count). The van der Waals surface area contributed by atoms with E-state index in [0.29, 0.717) is 0 Å². The van der Waals surface area contributed by atoms with Crippen LogP contribution in [-0.4, -0.2) is 29.1 Å². The molecule has 2 N–H and O–H groups in total. The molecule has 1 fully saturated rings. The average molecular weight is 431 g/mol. The summed E-state index contributed by atoms with van der Waals surface area (Å²) in [6.45, 7) is -0.374. The monoisotopic (exact) mass is 430 g/mol. The first kappa shape index (κ1) is 21.1. The minimum absolute atomic E-state index is 0.0690. The quantitative estimate of drug-likeness (QED) is 0.578. The third-order valence-electron chi connectivity index (χ3n) is 4.65. The van der Waals surface area contributed by atoms with Gasteiger partial charge in [-0.2, -0.15) is 13.2 Å². The van der Waals surface area contributed by atoms with Gasteiger partial charge in [-0.1, -0.05) is 23.7 Å². The second kappa shape index (κ2) is 7.64. The lowest BCUT2D eigenvalue weighted by Crippen LogP contribution is -2.52. The van der Waals surface area contributed by atoms with Crippen LogP contribution in [0.4, 0.5) is 23.2 Å². The van der Waals surface area contributed by atoms with Crippen molar-refractivity contribution in [1.82, 2.24) is 5.32 Å². The summed E-state index contributed by atoms with van der Waals surface area (Å²) in [4.78, 5) is 26.0. The molecular weight excluding hydrogens is 416 g/mol.